The monoisotopic (exact) mass is 198 g/mol. The van der Waals surface area contributed by atoms with E-state index in [1.807, 2.05) is 6.07 Å². The third-order valence-corrected chi connectivity index (χ3v) is 2.39. The molecule has 0 N–H and O–H groups in total. The second-order valence-electron chi connectivity index (χ2n) is 3.27. The van der Waals surface area contributed by atoms with E-state index in [2.05, 4.69) is 19.7 Å². The summed E-state index contributed by atoms with van der Waals surface area (Å²) in [5, 5.41) is 1.93. The van der Waals surface area contributed by atoms with E-state index in [0.29, 0.717) is 16.0 Å². The van der Waals surface area contributed by atoms with Gasteiger partial charge in [0.05, 0.1) is 5.39 Å². The van der Waals surface area contributed by atoms with Crippen LogP contribution in [0.1, 0.15) is 5.56 Å². The minimum Gasteiger partial charge on any atom is -0.423 e. The largest absolute Gasteiger partial charge is 0.423 e. The van der Waals surface area contributed by atoms with Crippen molar-refractivity contribution in [3.8, 4) is 0 Å². The molecule has 74 valence electrons. The summed E-state index contributed by atoms with van der Waals surface area (Å²) in [6, 6.07) is 5.38. The highest BCUT2D eigenvalue weighted by atomic mass is 16.4. The van der Waals surface area contributed by atoms with E-state index in [1.54, 1.807) is 18.2 Å². The quantitative estimate of drug-likeness (QED) is 0.690. The topological polar surface area (TPSA) is 30.2 Å². The molecule has 0 aliphatic carbocycles. The molecule has 0 bridgehead atoms. The first-order valence-electron chi connectivity index (χ1n) is 4.51. The number of hydrogen-bond donors (Lipinski definition) is 0. The summed E-state index contributed by atoms with van der Waals surface area (Å²) in [5.74, 6) is 0. The van der Waals surface area contributed by atoms with Crippen LogP contribution >= 0.6 is 0 Å². The van der Waals surface area contributed by atoms with Crippen LogP contribution in [0.3, 0.4) is 0 Å². The third-order valence-electron chi connectivity index (χ3n) is 2.39. The number of hydrogen-bond acceptors (Lipinski definition) is 2. The van der Waals surface area contributed by atoms with Crippen LogP contribution in [-0.2, 0) is 0 Å². The Bertz CT molecular complexity index is 693. The lowest BCUT2D eigenvalue weighted by atomic mass is 10.1. The van der Waals surface area contributed by atoms with Gasteiger partial charge in [0.15, 0.2) is 0 Å². The van der Waals surface area contributed by atoms with Crippen molar-refractivity contribution in [3.63, 3.8) is 0 Å². The zero-order chi connectivity index (χ0) is 11.0. The molecule has 2 rings (SSSR count). The number of fused-ring (bicyclic) bond motifs is 1. The molecule has 2 aromatic rings. The van der Waals surface area contributed by atoms with Gasteiger partial charge in [-0.05, 0) is 11.6 Å². The molecular weight excluding hydrogens is 188 g/mol. The van der Waals surface area contributed by atoms with Crippen molar-refractivity contribution in [2.24, 2.45) is 0 Å². The highest BCUT2D eigenvalue weighted by Crippen LogP contribution is 2.11. The van der Waals surface area contributed by atoms with Gasteiger partial charge in [-0.3, -0.25) is 0 Å². The van der Waals surface area contributed by atoms with E-state index >= 15 is 0 Å². The fourth-order valence-corrected chi connectivity index (χ4v) is 1.62. The summed E-state index contributed by atoms with van der Waals surface area (Å²) in [5.41, 5.74) is 0.795. The fraction of sp³-hybridized carbons (Fsp3) is 0. The van der Waals surface area contributed by atoms with Crippen molar-refractivity contribution in [1.29, 1.82) is 0 Å². The van der Waals surface area contributed by atoms with Crippen molar-refractivity contribution >= 4 is 30.0 Å². The summed E-state index contributed by atoms with van der Waals surface area (Å²) in [6.45, 7) is 11.2. The molecule has 2 heteroatoms. The maximum Gasteiger partial charge on any atom is 0.344 e. The Balaban J connectivity index is 3.25. The Morgan fingerprint density at radius 1 is 1.27 bits per heavy atom. The van der Waals surface area contributed by atoms with E-state index in [9.17, 15) is 4.79 Å². The minimum absolute atomic E-state index is 0.307. The lowest BCUT2D eigenvalue weighted by Gasteiger charge is -2.01. The van der Waals surface area contributed by atoms with Crippen molar-refractivity contribution in [3.05, 3.63) is 51.4 Å². The molecule has 1 aromatic heterocycles. The van der Waals surface area contributed by atoms with Crippen LogP contribution in [0, 0.1) is 0 Å². The van der Waals surface area contributed by atoms with Gasteiger partial charge in [0.25, 0.3) is 0 Å². The Morgan fingerprint density at radius 3 is 2.67 bits per heavy atom. The average molecular weight is 198 g/mol. The van der Waals surface area contributed by atoms with Crippen LogP contribution in [0.2, 0.25) is 0 Å². The molecule has 0 amide bonds. The first-order valence-corrected chi connectivity index (χ1v) is 4.51. The molecular formula is C13H10O2. The van der Waals surface area contributed by atoms with E-state index in [1.165, 1.54) is 0 Å². The van der Waals surface area contributed by atoms with Crippen molar-refractivity contribution in [2.45, 2.75) is 0 Å². The molecule has 0 spiro atoms. The molecule has 0 atom stereocenters. The van der Waals surface area contributed by atoms with Gasteiger partial charge in [-0.25, -0.2) is 4.79 Å². The van der Waals surface area contributed by atoms with Gasteiger partial charge in [0.1, 0.15) is 5.42 Å². The van der Waals surface area contributed by atoms with Gasteiger partial charge in [0, 0.05) is 10.6 Å². The lowest BCUT2D eigenvalue weighted by molar-refractivity contribution is 0.484. The molecule has 15 heavy (non-hydrogen) atoms. The second kappa shape index (κ2) is 3.24. The first-order chi connectivity index (χ1) is 7.15. The number of rotatable bonds is 1. The van der Waals surface area contributed by atoms with Gasteiger partial charge >= 0.3 is 5.63 Å². The Hall–Kier alpha value is -2.09. The predicted octanol–water partition coefficient (Wildman–Crippen LogP) is 1.26. The van der Waals surface area contributed by atoms with Crippen LogP contribution in [0.15, 0.2) is 34.0 Å². The van der Waals surface area contributed by atoms with E-state index in [4.69, 9.17) is 4.42 Å². The van der Waals surface area contributed by atoms with Gasteiger partial charge in [0.2, 0.25) is 0 Å². The number of benzene rings is 1. The van der Waals surface area contributed by atoms with Gasteiger partial charge in [-0.1, -0.05) is 37.9 Å². The van der Waals surface area contributed by atoms with Crippen molar-refractivity contribution < 1.29 is 4.42 Å². The SMILES string of the molecule is C=Cc1cccc2c(=O)oc(=C)c(=C)c12. The molecule has 0 fully saturated rings. The standard InChI is InChI=1S/C13H10O2/c1-4-10-6-5-7-11-12(10)8(2)9(3)15-13(11)14/h4-7H,1-3H2. The molecule has 1 heterocycles. The molecule has 0 saturated heterocycles. The third kappa shape index (κ3) is 1.31. The maximum atomic E-state index is 11.6. The smallest absolute Gasteiger partial charge is 0.344 e. The van der Waals surface area contributed by atoms with Crippen LogP contribution in [0.4, 0.5) is 0 Å². The van der Waals surface area contributed by atoms with Gasteiger partial charge in [-0.15, -0.1) is 0 Å². The fourth-order valence-electron chi connectivity index (χ4n) is 1.62. The molecule has 2 nitrogen and oxygen atoms in total. The van der Waals surface area contributed by atoms with Crippen LogP contribution < -0.4 is 16.3 Å². The summed E-state index contributed by atoms with van der Waals surface area (Å²) >= 11 is 0. The van der Waals surface area contributed by atoms with Crippen molar-refractivity contribution in [1.82, 2.24) is 0 Å². The van der Waals surface area contributed by atoms with Crippen molar-refractivity contribution in [2.75, 3.05) is 0 Å². The Morgan fingerprint density at radius 2 is 2.00 bits per heavy atom. The highest BCUT2D eigenvalue weighted by molar-refractivity contribution is 5.89. The van der Waals surface area contributed by atoms with Gasteiger partial charge < -0.3 is 4.42 Å². The molecule has 1 aromatic carbocycles. The molecule has 0 unspecified atom stereocenters. The van der Waals surface area contributed by atoms with Crippen LogP contribution in [0.25, 0.3) is 30.0 Å². The molecule has 0 aliphatic rings. The summed E-state index contributed by atoms with van der Waals surface area (Å²) in [4.78, 5) is 11.6. The van der Waals surface area contributed by atoms with E-state index < -0.39 is 0 Å². The normalized spacial score (nSPS) is 10.4. The summed E-state index contributed by atoms with van der Waals surface area (Å²) in [6.07, 6.45) is 1.69. The lowest BCUT2D eigenvalue weighted by Crippen LogP contribution is -2.28. The molecule has 0 radical (unpaired) electrons. The highest BCUT2D eigenvalue weighted by Gasteiger charge is 2.04. The summed E-state index contributed by atoms with van der Waals surface area (Å²) in [7, 11) is 0. The maximum absolute atomic E-state index is 11.6. The Kier molecular flexibility index (Phi) is 2.05. The van der Waals surface area contributed by atoms with E-state index in [0.717, 1.165) is 10.9 Å². The molecule has 0 saturated carbocycles. The second-order valence-corrected chi connectivity index (χ2v) is 3.27. The van der Waals surface area contributed by atoms with E-state index in [-0.39, 0.29) is 5.63 Å². The average Bonchev–Trinajstić information content (AvgIpc) is 2.25. The zero-order valence-electron chi connectivity index (χ0n) is 8.25. The minimum atomic E-state index is -0.383. The molecule has 0 aliphatic heterocycles. The van der Waals surface area contributed by atoms with Crippen LogP contribution in [-0.4, -0.2) is 0 Å². The summed E-state index contributed by atoms with van der Waals surface area (Å²) < 4.78 is 4.96. The van der Waals surface area contributed by atoms with Gasteiger partial charge in [-0.2, -0.15) is 0 Å². The van der Waals surface area contributed by atoms with Crippen LogP contribution in [0.5, 0.6) is 0 Å². The Labute approximate surface area is 86.5 Å². The zero-order valence-corrected chi connectivity index (χ0v) is 8.25. The first kappa shape index (κ1) is 9.46. The predicted molar refractivity (Wildman–Crippen MR) is 62.9 cm³/mol.